The van der Waals surface area contributed by atoms with Crippen molar-refractivity contribution in [1.82, 2.24) is 4.98 Å². The van der Waals surface area contributed by atoms with Crippen molar-refractivity contribution in [2.45, 2.75) is 31.9 Å². The number of hydrogen-bond acceptors (Lipinski definition) is 5. The van der Waals surface area contributed by atoms with Crippen LogP contribution >= 0.6 is 0 Å². The van der Waals surface area contributed by atoms with Gasteiger partial charge in [0.1, 0.15) is 12.7 Å². The smallest absolute Gasteiger partial charge is 0.404 e. The van der Waals surface area contributed by atoms with Gasteiger partial charge in [0.25, 0.3) is 0 Å². The zero-order valence-electron chi connectivity index (χ0n) is 10.8. The first-order chi connectivity index (χ1) is 9.19. The minimum Gasteiger partial charge on any atom is -0.487 e. The summed E-state index contributed by atoms with van der Waals surface area (Å²) in [5, 5.41) is 0. The van der Waals surface area contributed by atoms with Gasteiger partial charge in [0.05, 0.1) is 12.6 Å². The van der Waals surface area contributed by atoms with Crippen molar-refractivity contribution >= 4 is 11.9 Å². The molecule has 2 aliphatic heterocycles. The third-order valence-corrected chi connectivity index (χ3v) is 3.70. The van der Waals surface area contributed by atoms with Crippen LogP contribution < -0.4 is 15.4 Å². The maximum Gasteiger partial charge on any atom is 0.404 e. The molecule has 0 radical (unpaired) electrons. The summed E-state index contributed by atoms with van der Waals surface area (Å²) in [7, 11) is 0. The molecule has 0 bridgehead atoms. The number of aromatic nitrogens is 1. The number of nitrogens with two attached hydrogens (primary N) is 1. The first-order valence-electron chi connectivity index (χ1n) is 6.52. The standard InChI is InChI=1S/C13H17N3O3/c1-2-8-3-4-15-12-11(8)18-7-9-5-10(6-16(9)12)19-13(14)17/h3-4,9-10H,2,5-7H2,1H3,(H2,14,17). The van der Waals surface area contributed by atoms with E-state index in [0.717, 1.165) is 30.0 Å². The molecule has 3 heterocycles. The molecule has 0 aromatic carbocycles. The van der Waals surface area contributed by atoms with Crippen molar-refractivity contribution in [1.29, 1.82) is 0 Å². The summed E-state index contributed by atoms with van der Waals surface area (Å²) in [5.41, 5.74) is 6.23. The highest BCUT2D eigenvalue weighted by Crippen LogP contribution is 2.39. The van der Waals surface area contributed by atoms with E-state index in [1.165, 1.54) is 0 Å². The molecule has 2 unspecified atom stereocenters. The normalized spacial score (nSPS) is 24.4. The summed E-state index contributed by atoms with van der Waals surface area (Å²) in [4.78, 5) is 17.4. The van der Waals surface area contributed by atoms with E-state index >= 15 is 0 Å². The Balaban J connectivity index is 1.87. The molecule has 0 spiro atoms. The van der Waals surface area contributed by atoms with Gasteiger partial charge < -0.3 is 20.1 Å². The average molecular weight is 263 g/mol. The van der Waals surface area contributed by atoms with E-state index < -0.39 is 6.09 Å². The minimum absolute atomic E-state index is 0.177. The monoisotopic (exact) mass is 263 g/mol. The predicted molar refractivity (Wildman–Crippen MR) is 69.3 cm³/mol. The second-order valence-corrected chi connectivity index (χ2v) is 4.89. The van der Waals surface area contributed by atoms with Gasteiger partial charge in [0.15, 0.2) is 11.6 Å². The second kappa shape index (κ2) is 4.60. The minimum atomic E-state index is -0.721. The molecule has 1 fully saturated rings. The lowest BCUT2D eigenvalue weighted by Gasteiger charge is -2.32. The molecule has 3 rings (SSSR count). The van der Waals surface area contributed by atoms with Crippen molar-refractivity contribution in [3.63, 3.8) is 0 Å². The van der Waals surface area contributed by atoms with E-state index in [1.807, 2.05) is 6.07 Å². The highest BCUT2D eigenvalue weighted by molar-refractivity contribution is 5.65. The number of amides is 1. The van der Waals surface area contributed by atoms with Crippen LogP contribution in [0.5, 0.6) is 5.75 Å². The summed E-state index contributed by atoms with van der Waals surface area (Å²) >= 11 is 0. The molecule has 1 aromatic rings. The van der Waals surface area contributed by atoms with Crippen LogP contribution in [0.1, 0.15) is 18.9 Å². The fraction of sp³-hybridized carbons (Fsp3) is 0.538. The van der Waals surface area contributed by atoms with Gasteiger partial charge >= 0.3 is 6.09 Å². The molecule has 0 saturated carbocycles. The Morgan fingerprint density at radius 3 is 3.26 bits per heavy atom. The van der Waals surface area contributed by atoms with Crippen LogP contribution in [0, 0.1) is 0 Å². The molecule has 2 N–H and O–H groups in total. The molecular formula is C13H17N3O3. The second-order valence-electron chi connectivity index (χ2n) is 4.89. The number of nitrogens with zero attached hydrogens (tertiary/aromatic N) is 2. The average Bonchev–Trinajstić information content (AvgIpc) is 2.79. The molecule has 6 heteroatoms. The number of primary amides is 1. The molecule has 19 heavy (non-hydrogen) atoms. The Kier molecular flexibility index (Phi) is 2.93. The van der Waals surface area contributed by atoms with Crippen LogP contribution in [-0.2, 0) is 11.2 Å². The fourth-order valence-electron chi connectivity index (χ4n) is 2.84. The summed E-state index contributed by atoms with van der Waals surface area (Å²) in [6.45, 7) is 3.32. The van der Waals surface area contributed by atoms with Crippen LogP contribution in [-0.4, -0.2) is 36.4 Å². The lowest BCUT2D eigenvalue weighted by molar-refractivity contribution is 0.114. The van der Waals surface area contributed by atoms with Gasteiger partial charge in [-0.1, -0.05) is 6.92 Å². The van der Waals surface area contributed by atoms with Crippen molar-refractivity contribution in [3.8, 4) is 5.75 Å². The Bertz CT molecular complexity index is 506. The largest absolute Gasteiger partial charge is 0.487 e. The van der Waals surface area contributed by atoms with Crippen molar-refractivity contribution in [2.24, 2.45) is 5.73 Å². The SMILES string of the molecule is CCc1ccnc2c1OCC1CC(OC(N)=O)CN21. The van der Waals surface area contributed by atoms with Gasteiger partial charge in [-0.2, -0.15) is 0 Å². The zero-order chi connectivity index (χ0) is 13.4. The summed E-state index contributed by atoms with van der Waals surface area (Å²) in [6.07, 6.45) is 2.54. The molecule has 1 amide bonds. The fourth-order valence-corrected chi connectivity index (χ4v) is 2.84. The summed E-state index contributed by atoms with van der Waals surface area (Å²) < 4.78 is 10.9. The highest BCUT2D eigenvalue weighted by atomic mass is 16.6. The number of fused-ring (bicyclic) bond motifs is 3. The van der Waals surface area contributed by atoms with Crippen molar-refractivity contribution < 1.29 is 14.3 Å². The molecule has 2 aliphatic rings. The van der Waals surface area contributed by atoms with Gasteiger partial charge in [0, 0.05) is 12.6 Å². The molecule has 2 atom stereocenters. The molecule has 1 aromatic heterocycles. The van der Waals surface area contributed by atoms with E-state index in [1.54, 1.807) is 6.20 Å². The Morgan fingerprint density at radius 2 is 2.53 bits per heavy atom. The molecule has 6 nitrogen and oxygen atoms in total. The Hall–Kier alpha value is -1.98. The number of ether oxygens (including phenoxy) is 2. The predicted octanol–water partition coefficient (Wildman–Crippen LogP) is 1.08. The third kappa shape index (κ3) is 2.07. The van der Waals surface area contributed by atoms with Crippen molar-refractivity contribution in [3.05, 3.63) is 17.8 Å². The highest BCUT2D eigenvalue weighted by Gasteiger charge is 2.39. The van der Waals surface area contributed by atoms with E-state index in [2.05, 4.69) is 16.8 Å². The maximum atomic E-state index is 10.8. The van der Waals surface area contributed by atoms with E-state index in [-0.39, 0.29) is 12.1 Å². The van der Waals surface area contributed by atoms with Crippen LogP contribution in [0.25, 0.3) is 0 Å². The van der Waals surface area contributed by atoms with Gasteiger partial charge in [-0.05, 0) is 18.1 Å². The first kappa shape index (κ1) is 12.1. The quantitative estimate of drug-likeness (QED) is 0.863. The molecule has 0 aliphatic carbocycles. The Morgan fingerprint density at radius 1 is 1.68 bits per heavy atom. The lowest BCUT2D eigenvalue weighted by atomic mass is 10.1. The van der Waals surface area contributed by atoms with E-state index in [9.17, 15) is 4.79 Å². The molecule has 1 saturated heterocycles. The van der Waals surface area contributed by atoms with Gasteiger partial charge in [-0.3, -0.25) is 0 Å². The lowest BCUT2D eigenvalue weighted by Crippen LogP contribution is -2.39. The first-order valence-corrected chi connectivity index (χ1v) is 6.52. The third-order valence-electron chi connectivity index (χ3n) is 3.70. The van der Waals surface area contributed by atoms with Gasteiger partial charge in [0.2, 0.25) is 0 Å². The number of hydrogen-bond donors (Lipinski definition) is 1. The summed E-state index contributed by atoms with van der Waals surface area (Å²) in [5.74, 6) is 1.71. The van der Waals surface area contributed by atoms with Gasteiger partial charge in [-0.25, -0.2) is 9.78 Å². The number of carbonyl (C=O) groups is 1. The number of rotatable bonds is 2. The number of pyridine rings is 1. The topological polar surface area (TPSA) is 77.7 Å². The maximum absolute atomic E-state index is 10.8. The van der Waals surface area contributed by atoms with Crippen LogP contribution in [0.15, 0.2) is 12.3 Å². The van der Waals surface area contributed by atoms with Crippen LogP contribution in [0.4, 0.5) is 10.6 Å². The number of anilines is 1. The number of carbonyl (C=O) groups excluding carboxylic acids is 1. The Labute approximate surface area is 111 Å². The van der Waals surface area contributed by atoms with E-state index in [4.69, 9.17) is 15.2 Å². The van der Waals surface area contributed by atoms with E-state index in [0.29, 0.717) is 13.2 Å². The molecule has 102 valence electrons. The number of aryl methyl sites for hydroxylation is 1. The van der Waals surface area contributed by atoms with Crippen LogP contribution in [0.3, 0.4) is 0 Å². The van der Waals surface area contributed by atoms with Gasteiger partial charge in [-0.15, -0.1) is 0 Å². The van der Waals surface area contributed by atoms with Crippen molar-refractivity contribution in [2.75, 3.05) is 18.1 Å². The van der Waals surface area contributed by atoms with Crippen LogP contribution in [0.2, 0.25) is 0 Å². The zero-order valence-corrected chi connectivity index (χ0v) is 10.8. The summed E-state index contributed by atoms with van der Waals surface area (Å²) in [6, 6.07) is 2.18. The molecular weight excluding hydrogens is 246 g/mol.